The van der Waals surface area contributed by atoms with Gasteiger partial charge in [0, 0.05) is 30.7 Å². The maximum Gasteiger partial charge on any atom is 0.417 e. The van der Waals surface area contributed by atoms with Gasteiger partial charge in [0.25, 0.3) is 5.91 Å². The number of hydrogen-bond donors (Lipinski definition) is 3. The highest BCUT2D eigenvalue weighted by atomic mass is 19.4. The van der Waals surface area contributed by atoms with Crippen molar-refractivity contribution in [3.05, 3.63) is 59.8 Å². The number of amides is 3. The van der Waals surface area contributed by atoms with E-state index in [0.717, 1.165) is 24.1 Å². The van der Waals surface area contributed by atoms with Crippen LogP contribution in [0.25, 0.3) is 11.3 Å². The van der Waals surface area contributed by atoms with Gasteiger partial charge < -0.3 is 15.5 Å². The number of hydrogen-bond acceptors (Lipinski definition) is 5. The number of esters is 1. The molecule has 9 nitrogen and oxygen atoms in total. The summed E-state index contributed by atoms with van der Waals surface area (Å²) >= 11 is 0. The van der Waals surface area contributed by atoms with Crippen molar-refractivity contribution in [2.45, 2.75) is 38.9 Å². The molecule has 0 radical (unpaired) electrons. The number of alkyl halides is 3. The number of nitrogens with one attached hydrogen (secondary N) is 2. The van der Waals surface area contributed by atoms with Crippen LogP contribution in [0.5, 0.6) is 0 Å². The number of ether oxygens (including phenoxy) is 1. The fraction of sp³-hybridized carbons (Fsp3) is 0.304. The summed E-state index contributed by atoms with van der Waals surface area (Å²) in [6.45, 7) is 2.88. The van der Waals surface area contributed by atoms with Crippen LogP contribution in [0.4, 0.5) is 13.2 Å². The molecule has 2 rings (SSSR count). The van der Waals surface area contributed by atoms with E-state index in [1.807, 2.05) is 0 Å². The molecular weight excluding hydrogens is 469 g/mol. The fourth-order valence-electron chi connectivity index (χ4n) is 3.20. The van der Waals surface area contributed by atoms with Gasteiger partial charge in [0.1, 0.15) is 5.69 Å². The third-order valence-electron chi connectivity index (χ3n) is 4.77. The predicted molar refractivity (Wildman–Crippen MR) is 119 cm³/mol. The number of carbonyl (C=O) groups is 4. The van der Waals surface area contributed by atoms with E-state index in [1.54, 1.807) is 6.92 Å². The number of aromatic amines is 1. The van der Waals surface area contributed by atoms with Crippen LogP contribution in [-0.2, 0) is 25.3 Å². The second-order valence-electron chi connectivity index (χ2n) is 7.34. The monoisotopic (exact) mass is 494 g/mol. The van der Waals surface area contributed by atoms with Crippen LogP contribution < -0.4 is 11.2 Å². The lowest BCUT2D eigenvalue weighted by atomic mass is 10.0. The summed E-state index contributed by atoms with van der Waals surface area (Å²) in [5, 5.41) is 0.894. The number of hydrazine groups is 1. The molecule has 35 heavy (non-hydrogen) atoms. The molecule has 188 valence electrons. The molecule has 4 N–H and O–H groups in total. The number of H-pyrrole nitrogens is 1. The number of benzene rings is 1. The Bertz CT molecular complexity index is 1110. The van der Waals surface area contributed by atoms with Gasteiger partial charge in [0.05, 0.1) is 18.2 Å². The summed E-state index contributed by atoms with van der Waals surface area (Å²) in [6, 6.07) is 6.51. The van der Waals surface area contributed by atoms with Gasteiger partial charge in [-0.05, 0) is 31.5 Å². The first-order chi connectivity index (χ1) is 16.4. The Morgan fingerprint density at radius 1 is 1.17 bits per heavy atom. The Morgan fingerprint density at radius 2 is 1.86 bits per heavy atom. The highest BCUT2D eigenvalue weighted by molar-refractivity contribution is 5.94. The zero-order chi connectivity index (χ0) is 26.2. The number of nitrogens with zero attached hydrogens (tertiary/aromatic N) is 1. The maximum atomic E-state index is 13.3. The van der Waals surface area contributed by atoms with E-state index in [-0.39, 0.29) is 36.4 Å². The molecule has 0 unspecified atom stereocenters. The second-order valence-corrected chi connectivity index (χ2v) is 7.34. The smallest absolute Gasteiger partial charge is 0.417 e. The lowest BCUT2D eigenvalue weighted by Gasteiger charge is -2.28. The van der Waals surface area contributed by atoms with Crippen LogP contribution in [0, 0.1) is 0 Å². The highest BCUT2D eigenvalue weighted by Crippen LogP contribution is 2.36. The molecule has 0 fully saturated rings. The zero-order valence-corrected chi connectivity index (χ0v) is 19.0. The van der Waals surface area contributed by atoms with Crippen molar-refractivity contribution in [1.29, 1.82) is 0 Å². The normalized spacial score (nSPS) is 12.3. The van der Waals surface area contributed by atoms with Crippen molar-refractivity contribution in [3.8, 4) is 11.3 Å². The molecule has 1 heterocycles. The average molecular weight is 494 g/mol. The number of nitrogens with two attached hydrogens (primary N) is 1. The van der Waals surface area contributed by atoms with E-state index in [4.69, 9.17) is 10.5 Å². The summed E-state index contributed by atoms with van der Waals surface area (Å²) < 4.78 is 44.8. The Kier molecular flexibility index (Phi) is 9.20. The van der Waals surface area contributed by atoms with Gasteiger partial charge in [-0.1, -0.05) is 24.3 Å². The zero-order valence-electron chi connectivity index (χ0n) is 19.0. The minimum Gasteiger partial charge on any atom is -0.463 e. The summed E-state index contributed by atoms with van der Waals surface area (Å²) in [5.41, 5.74) is 6.43. The van der Waals surface area contributed by atoms with Crippen molar-refractivity contribution in [1.82, 2.24) is 15.4 Å². The summed E-state index contributed by atoms with van der Waals surface area (Å²) in [7, 11) is 0. The molecule has 0 bridgehead atoms. The summed E-state index contributed by atoms with van der Waals surface area (Å²) in [5.74, 6) is -2.81. The Labute approximate surface area is 199 Å². The lowest BCUT2D eigenvalue weighted by Crippen LogP contribution is -2.50. The quantitative estimate of drug-likeness (QED) is 0.280. The van der Waals surface area contributed by atoms with Crippen molar-refractivity contribution >= 4 is 23.7 Å². The molecule has 0 aliphatic heterocycles. The molecule has 0 saturated carbocycles. The van der Waals surface area contributed by atoms with Gasteiger partial charge in [-0.3, -0.25) is 19.8 Å². The number of carbonyl (C=O) groups excluding carboxylic acids is 4. The molecule has 3 amide bonds. The minimum absolute atomic E-state index is 0.0139. The third kappa shape index (κ3) is 7.73. The maximum absolute atomic E-state index is 13.3. The molecule has 2 aromatic rings. The molecule has 1 aromatic carbocycles. The van der Waals surface area contributed by atoms with Gasteiger partial charge in [0.15, 0.2) is 0 Å². The minimum atomic E-state index is -4.60. The van der Waals surface area contributed by atoms with Crippen molar-refractivity contribution in [2.75, 3.05) is 6.61 Å². The first-order valence-electron chi connectivity index (χ1n) is 10.5. The second kappa shape index (κ2) is 11.9. The molecule has 12 heteroatoms. The molecule has 1 atom stereocenters. The van der Waals surface area contributed by atoms with Gasteiger partial charge in [0.2, 0.25) is 11.8 Å². The Morgan fingerprint density at radius 3 is 2.46 bits per heavy atom. The molecular formula is C23H25F3N4O5. The van der Waals surface area contributed by atoms with Gasteiger partial charge in [-0.15, -0.1) is 0 Å². The lowest BCUT2D eigenvalue weighted by molar-refractivity contribution is -0.138. The molecule has 0 spiro atoms. The predicted octanol–water partition coefficient (Wildman–Crippen LogP) is 2.95. The van der Waals surface area contributed by atoms with Gasteiger partial charge >= 0.3 is 12.1 Å². The molecule has 1 aromatic heterocycles. The van der Waals surface area contributed by atoms with Crippen LogP contribution in [-0.4, -0.2) is 46.3 Å². The number of aromatic nitrogens is 1. The van der Waals surface area contributed by atoms with Crippen LogP contribution >= 0.6 is 0 Å². The third-order valence-corrected chi connectivity index (χ3v) is 4.77. The summed E-state index contributed by atoms with van der Waals surface area (Å²) in [6.07, 6.45) is -2.44. The largest absolute Gasteiger partial charge is 0.463 e. The van der Waals surface area contributed by atoms with E-state index in [1.165, 1.54) is 36.4 Å². The Hall–Kier alpha value is -4.09. The van der Waals surface area contributed by atoms with E-state index in [2.05, 4.69) is 10.4 Å². The molecule has 0 saturated heterocycles. The van der Waals surface area contributed by atoms with E-state index >= 15 is 0 Å². The van der Waals surface area contributed by atoms with Crippen LogP contribution in [0.1, 0.15) is 42.7 Å². The fourth-order valence-corrected chi connectivity index (χ4v) is 3.20. The standard InChI is InChI=1S/C23H25F3N4O5/c1-3-35-21(33)13-9-15(8-12-20(27)32)30(14(2)31)29-22(34)19-11-10-18(28-19)16-6-4-5-7-17(16)23(24,25)26/h4-7,9-11,13,15,28H,3,8,12H2,1-2H3,(H2,27,32)(H,29,34)/t15-/m0/s1. The van der Waals surface area contributed by atoms with Crippen molar-refractivity contribution in [3.63, 3.8) is 0 Å². The van der Waals surface area contributed by atoms with Gasteiger partial charge in [-0.25, -0.2) is 9.80 Å². The molecule has 0 aliphatic rings. The number of halogens is 3. The van der Waals surface area contributed by atoms with Gasteiger partial charge in [-0.2, -0.15) is 13.2 Å². The summed E-state index contributed by atoms with van der Waals surface area (Å²) in [4.78, 5) is 50.6. The van der Waals surface area contributed by atoms with Crippen LogP contribution in [0.15, 0.2) is 48.6 Å². The van der Waals surface area contributed by atoms with Crippen molar-refractivity contribution in [2.24, 2.45) is 5.73 Å². The molecule has 0 aliphatic carbocycles. The van der Waals surface area contributed by atoms with Crippen LogP contribution in [0.2, 0.25) is 0 Å². The Balaban J connectivity index is 2.29. The topological polar surface area (TPSA) is 135 Å². The first kappa shape index (κ1) is 27.2. The van der Waals surface area contributed by atoms with Crippen molar-refractivity contribution < 1.29 is 37.1 Å². The van der Waals surface area contributed by atoms with E-state index in [9.17, 15) is 32.3 Å². The average Bonchev–Trinajstić information content (AvgIpc) is 3.27. The number of rotatable bonds is 9. The van der Waals surface area contributed by atoms with E-state index < -0.39 is 41.5 Å². The van der Waals surface area contributed by atoms with E-state index in [0.29, 0.717) is 0 Å². The number of primary amides is 1. The highest BCUT2D eigenvalue weighted by Gasteiger charge is 2.33. The van der Waals surface area contributed by atoms with Crippen LogP contribution in [0.3, 0.4) is 0 Å². The first-order valence-corrected chi connectivity index (χ1v) is 10.5. The SMILES string of the molecule is CCOC(=O)C=C[C@H](CCC(N)=O)N(NC(=O)c1ccc(-c2ccccc2C(F)(F)F)[nH]1)C(C)=O.